The van der Waals surface area contributed by atoms with Gasteiger partial charge in [0.25, 0.3) is 5.91 Å². The number of carbonyl (C=O) groups is 2. The predicted molar refractivity (Wildman–Crippen MR) is 83.2 cm³/mol. The number of nitrogen functional groups attached to an aromatic ring is 1. The fourth-order valence-electron chi connectivity index (χ4n) is 2.44. The molecule has 1 fully saturated rings. The van der Waals surface area contributed by atoms with Crippen molar-refractivity contribution in [2.75, 3.05) is 38.5 Å². The van der Waals surface area contributed by atoms with Gasteiger partial charge in [0.2, 0.25) is 0 Å². The molecule has 0 unspecified atom stereocenters. The second-order valence-electron chi connectivity index (χ2n) is 5.09. The Balaban J connectivity index is 2.04. The van der Waals surface area contributed by atoms with E-state index in [1.165, 1.54) is 0 Å². The highest BCUT2D eigenvalue weighted by atomic mass is 79.9. The summed E-state index contributed by atoms with van der Waals surface area (Å²) in [7, 11) is 0. The van der Waals surface area contributed by atoms with E-state index in [4.69, 9.17) is 10.8 Å². The first-order valence-electron chi connectivity index (χ1n) is 6.75. The van der Waals surface area contributed by atoms with Gasteiger partial charge in [0.15, 0.2) is 0 Å². The molecule has 1 heterocycles. The summed E-state index contributed by atoms with van der Waals surface area (Å²) in [5.74, 6) is -0.908. The average molecular weight is 356 g/mol. The van der Waals surface area contributed by atoms with Crippen LogP contribution in [-0.4, -0.2) is 59.5 Å². The van der Waals surface area contributed by atoms with Crippen LogP contribution in [0.15, 0.2) is 22.7 Å². The highest BCUT2D eigenvalue weighted by molar-refractivity contribution is 9.10. The Hall–Kier alpha value is -1.60. The first kappa shape index (κ1) is 15.8. The van der Waals surface area contributed by atoms with Gasteiger partial charge in [0.1, 0.15) is 0 Å². The van der Waals surface area contributed by atoms with Gasteiger partial charge < -0.3 is 15.7 Å². The molecule has 0 bridgehead atoms. The Morgan fingerprint density at radius 3 is 2.62 bits per heavy atom. The van der Waals surface area contributed by atoms with E-state index in [1.807, 2.05) is 4.90 Å². The number of amides is 1. The van der Waals surface area contributed by atoms with E-state index in [2.05, 4.69) is 15.9 Å². The lowest BCUT2D eigenvalue weighted by atomic mass is 10.1. The molecule has 1 aromatic rings. The van der Waals surface area contributed by atoms with Crippen molar-refractivity contribution in [3.63, 3.8) is 0 Å². The first-order valence-corrected chi connectivity index (χ1v) is 7.54. The van der Waals surface area contributed by atoms with Gasteiger partial charge in [-0.1, -0.05) is 15.9 Å². The average Bonchev–Trinajstić information content (AvgIpc) is 2.61. The van der Waals surface area contributed by atoms with E-state index < -0.39 is 5.97 Å². The summed E-state index contributed by atoms with van der Waals surface area (Å²) in [4.78, 5) is 26.9. The number of hydrogen-bond acceptors (Lipinski definition) is 4. The van der Waals surface area contributed by atoms with Crippen LogP contribution in [0.1, 0.15) is 16.8 Å². The summed E-state index contributed by atoms with van der Waals surface area (Å²) >= 11 is 3.33. The van der Waals surface area contributed by atoms with Crippen LogP contribution in [-0.2, 0) is 4.79 Å². The smallest absolute Gasteiger partial charge is 0.317 e. The number of nitrogens with zero attached hydrogens (tertiary/aromatic N) is 2. The van der Waals surface area contributed by atoms with Gasteiger partial charge in [-0.25, -0.2) is 0 Å². The molecule has 114 valence electrons. The molecule has 0 radical (unpaired) electrons. The van der Waals surface area contributed by atoms with Gasteiger partial charge >= 0.3 is 5.97 Å². The lowest BCUT2D eigenvalue weighted by Crippen LogP contribution is -2.36. The minimum absolute atomic E-state index is 0.0197. The van der Waals surface area contributed by atoms with Crippen LogP contribution < -0.4 is 5.73 Å². The molecule has 0 saturated carbocycles. The zero-order chi connectivity index (χ0) is 15.4. The molecule has 2 rings (SSSR count). The summed E-state index contributed by atoms with van der Waals surface area (Å²) in [6.45, 7) is 2.43. The molecule has 1 saturated heterocycles. The third-order valence-corrected chi connectivity index (χ3v) is 3.86. The van der Waals surface area contributed by atoms with Gasteiger partial charge in [-0.3, -0.25) is 14.5 Å². The SMILES string of the molecule is Nc1cc(Br)cc(C(=O)N2CCCN(CC(=O)O)CC2)c1. The minimum Gasteiger partial charge on any atom is -0.480 e. The number of carbonyl (C=O) groups excluding carboxylic acids is 1. The van der Waals surface area contributed by atoms with Crippen molar-refractivity contribution < 1.29 is 14.7 Å². The van der Waals surface area contributed by atoms with Gasteiger partial charge in [0.05, 0.1) is 6.54 Å². The summed E-state index contributed by atoms with van der Waals surface area (Å²) < 4.78 is 0.771. The highest BCUT2D eigenvalue weighted by Gasteiger charge is 2.21. The van der Waals surface area contributed by atoms with E-state index >= 15 is 0 Å². The van der Waals surface area contributed by atoms with Crippen LogP contribution in [0.4, 0.5) is 5.69 Å². The van der Waals surface area contributed by atoms with E-state index in [0.29, 0.717) is 37.4 Å². The summed E-state index contributed by atoms with van der Waals surface area (Å²) in [5, 5.41) is 8.83. The molecule has 1 aliphatic rings. The standard InChI is InChI=1S/C14H18BrN3O3/c15-11-6-10(7-12(16)8-11)14(21)18-3-1-2-17(4-5-18)9-13(19)20/h6-8H,1-5,9,16H2,(H,19,20). The topological polar surface area (TPSA) is 86.9 Å². The number of carboxylic acids is 1. The Kier molecular flexibility index (Phi) is 5.19. The van der Waals surface area contributed by atoms with Crippen molar-refractivity contribution in [1.29, 1.82) is 0 Å². The number of anilines is 1. The maximum atomic E-state index is 12.5. The third-order valence-electron chi connectivity index (χ3n) is 3.40. The normalized spacial score (nSPS) is 16.5. The highest BCUT2D eigenvalue weighted by Crippen LogP contribution is 2.19. The minimum atomic E-state index is -0.838. The fourth-order valence-corrected chi connectivity index (χ4v) is 2.95. The summed E-state index contributed by atoms with van der Waals surface area (Å²) in [6.07, 6.45) is 0.766. The lowest BCUT2D eigenvalue weighted by Gasteiger charge is -2.21. The van der Waals surface area contributed by atoms with Crippen LogP contribution >= 0.6 is 15.9 Å². The van der Waals surface area contributed by atoms with Gasteiger partial charge in [0, 0.05) is 41.9 Å². The van der Waals surface area contributed by atoms with E-state index in [1.54, 1.807) is 23.1 Å². The largest absolute Gasteiger partial charge is 0.480 e. The van der Waals surface area contributed by atoms with E-state index in [0.717, 1.165) is 10.9 Å². The van der Waals surface area contributed by atoms with Crippen molar-refractivity contribution in [3.8, 4) is 0 Å². The monoisotopic (exact) mass is 355 g/mol. The Bertz CT molecular complexity index is 530. The molecule has 0 spiro atoms. The number of halogens is 1. The Morgan fingerprint density at radius 1 is 1.19 bits per heavy atom. The summed E-state index contributed by atoms with van der Waals surface area (Å²) in [6, 6.07) is 5.15. The molecule has 6 nitrogen and oxygen atoms in total. The third kappa shape index (κ3) is 4.44. The molecule has 1 aromatic carbocycles. The number of benzene rings is 1. The molecule has 7 heteroatoms. The van der Waals surface area contributed by atoms with Crippen molar-refractivity contribution in [3.05, 3.63) is 28.2 Å². The zero-order valence-electron chi connectivity index (χ0n) is 11.6. The molecular formula is C14H18BrN3O3. The molecule has 1 amide bonds. The van der Waals surface area contributed by atoms with Gasteiger partial charge in [-0.05, 0) is 24.6 Å². The second kappa shape index (κ2) is 6.91. The van der Waals surface area contributed by atoms with E-state index in [-0.39, 0.29) is 12.5 Å². The zero-order valence-corrected chi connectivity index (χ0v) is 13.2. The second-order valence-corrected chi connectivity index (χ2v) is 6.00. The van der Waals surface area contributed by atoms with E-state index in [9.17, 15) is 9.59 Å². The maximum absolute atomic E-state index is 12.5. The van der Waals surface area contributed by atoms with Crippen molar-refractivity contribution in [2.45, 2.75) is 6.42 Å². The molecule has 0 atom stereocenters. The van der Waals surface area contributed by atoms with Crippen LogP contribution in [0.2, 0.25) is 0 Å². The van der Waals surface area contributed by atoms with Crippen LogP contribution in [0, 0.1) is 0 Å². The molecule has 1 aliphatic heterocycles. The van der Waals surface area contributed by atoms with Crippen LogP contribution in [0.25, 0.3) is 0 Å². The molecule has 21 heavy (non-hydrogen) atoms. The van der Waals surface area contributed by atoms with Crippen molar-refractivity contribution >= 4 is 33.5 Å². The van der Waals surface area contributed by atoms with Crippen LogP contribution in [0.3, 0.4) is 0 Å². The van der Waals surface area contributed by atoms with Gasteiger partial charge in [-0.15, -0.1) is 0 Å². The van der Waals surface area contributed by atoms with Gasteiger partial charge in [-0.2, -0.15) is 0 Å². The van der Waals surface area contributed by atoms with Crippen molar-refractivity contribution in [1.82, 2.24) is 9.80 Å². The number of nitrogens with two attached hydrogens (primary N) is 1. The first-order chi connectivity index (χ1) is 9.95. The fraction of sp³-hybridized carbons (Fsp3) is 0.429. The quantitative estimate of drug-likeness (QED) is 0.797. The maximum Gasteiger partial charge on any atom is 0.317 e. The van der Waals surface area contributed by atoms with Crippen LogP contribution in [0.5, 0.6) is 0 Å². The Labute approximate surface area is 131 Å². The lowest BCUT2D eigenvalue weighted by molar-refractivity contribution is -0.138. The number of carboxylic acid groups (broad SMARTS) is 1. The van der Waals surface area contributed by atoms with Crippen molar-refractivity contribution in [2.24, 2.45) is 0 Å². The number of hydrogen-bond donors (Lipinski definition) is 2. The summed E-state index contributed by atoms with van der Waals surface area (Å²) in [5.41, 5.74) is 6.85. The molecule has 0 aliphatic carbocycles. The Morgan fingerprint density at radius 2 is 1.95 bits per heavy atom. The molecular weight excluding hydrogens is 338 g/mol. The number of aliphatic carboxylic acids is 1. The number of rotatable bonds is 3. The predicted octanol–water partition coefficient (Wildman–Crippen LogP) is 1.26. The molecule has 0 aromatic heterocycles. The molecule has 3 N–H and O–H groups in total.